The van der Waals surface area contributed by atoms with Crippen molar-refractivity contribution in [1.82, 2.24) is 14.3 Å². The molecule has 0 aromatic carbocycles. The lowest BCUT2D eigenvalue weighted by Crippen LogP contribution is -2.29. The van der Waals surface area contributed by atoms with E-state index in [-0.39, 0.29) is 5.91 Å². The van der Waals surface area contributed by atoms with Crippen molar-refractivity contribution in [3.05, 3.63) is 30.1 Å². The Morgan fingerprint density at radius 3 is 2.90 bits per heavy atom. The summed E-state index contributed by atoms with van der Waals surface area (Å²) in [6.07, 6.45) is 7.19. The third-order valence-corrected chi connectivity index (χ3v) is 3.93. The van der Waals surface area contributed by atoms with Gasteiger partial charge in [-0.05, 0) is 25.0 Å². The van der Waals surface area contributed by atoms with E-state index in [0.29, 0.717) is 5.56 Å². The highest BCUT2D eigenvalue weighted by Gasteiger charge is 2.18. The number of hydrogen-bond donors (Lipinski definition) is 1. The highest BCUT2D eigenvalue weighted by Crippen LogP contribution is 2.23. The molecule has 1 unspecified atom stereocenters. The lowest BCUT2D eigenvalue weighted by molar-refractivity contribution is 0.0983. The van der Waals surface area contributed by atoms with E-state index in [2.05, 4.69) is 14.7 Å². The third-order valence-electron chi connectivity index (χ3n) is 3.46. The fourth-order valence-electron chi connectivity index (χ4n) is 2.50. The summed E-state index contributed by atoms with van der Waals surface area (Å²) in [5, 5.41) is 4.15. The molecule has 1 saturated heterocycles. The number of hydrogen-bond acceptors (Lipinski definition) is 4. The minimum atomic E-state index is -1.38. The molecule has 3 rings (SSSR count). The second-order valence-electron chi connectivity index (χ2n) is 4.85. The number of anilines is 1. The Balaban J connectivity index is 1.96. The van der Waals surface area contributed by atoms with E-state index in [1.54, 1.807) is 4.52 Å². The molecule has 7 heteroatoms. The van der Waals surface area contributed by atoms with Crippen LogP contribution in [0.4, 0.5) is 5.69 Å². The van der Waals surface area contributed by atoms with Gasteiger partial charge in [-0.25, -0.2) is 4.52 Å². The largest absolute Gasteiger partial charge is 0.593 e. The monoisotopic (exact) mass is 292 g/mol. The molecule has 1 atom stereocenters. The summed E-state index contributed by atoms with van der Waals surface area (Å²) in [5.41, 5.74) is 2.28. The number of rotatable bonds is 3. The van der Waals surface area contributed by atoms with Crippen molar-refractivity contribution < 1.29 is 9.35 Å². The Bertz CT molecular complexity index is 634. The first-order valence-corrected chi connectivity index (χ1v) is 8.08. The van der Waals surface area contributed by atoms with Gasteiger partial charge in [-0.2, -0.15) is 9.82 Å². The van der Waals surface area contributed by atoms with Crippen LogP contribution in [0.3, 0.4) is 0 Å². The molecule has 106 valence electrons. The first-order chi connectivity index (χ1) is 9.65. The van der Waals surface area contributed by atoms with E-state index in [4.69, 9.17) is 0 Å². The molecule has 6 nitrogen and oxygen atoms in total. The molecule has 0 spiro atoms. The summed E-state index contributed by atoms with van der Waals surface area (Å²) in [4.78, 5) is 14.3. The molecule has 2 aromatic rings. The number of carbonyl (C=O) groups is 1. The Kier molecular flexibility index (Phi) is 3.54. The fourth-order valence-corrected chi connectivity index (χ4v) is 2.87. The number of amides is 1. The SMILES string of the molecule is C[S+]([O-])NC(=O)c1cnn2ccc(N3CCCC3)cc12. The number of carbonyl (C=O) groups excluding carboxylic acids is 1. The van der Waals surface area contributed by atoms with Crippen molar-refractivity contribution in [2.45, 2.75) is 12.8 Å². The zero-order valence-corrected chi connectivity index (χ0v) is 12.0. The average Bonchev–Trinajstić information content (AvgIpc) is 3.06. The summed E-state index contributed by atoms with van der Waals surface area (Å²) in [6.45, 7) is 2.09. The molecule has 1 amide bonds. The van der Waals surface area contributed by atoms with E-state index in [0.717, 1.165) is 24.3 Å². The van der Waals surface area contributed by atoms with Crippen LogP contribution in [0.25, 0.3) is 5.52 Å². The van der Waals surface area contributed by atoms with Gasteiger partial charge in [0.15, 0.2) is 0 Å². The van der Waals surface area contributed by atoms with Crippen molar-refractivity contribution >= 4 is 28.5 Å². The van der Waals surface area contributed by atoms with Crippen molar-refractivity contribution in [3.63, 3.8) is 0 Å². The van der Waals surface area contributed by atoms with Crippen LogP contribution in [0.15, 0.2) is 24.5 Å². The zero-order valence-electron chi connectivity index (χ0n) is 11.2. The van der Waals surface area contributed by atoms with Crippen LogP contribution >= 0.6 is 0 Å². The molecule has 1 aliphatic rings. The third kappa shape index (κ3) is 2.46. The second kappa shape index (κ2) is 5.34. The van der Waals surface area contributed by atoms with Crippen LogP contribution in [0, 0.1) is 0 Å². The zero-order chi connectivity index (χ0) is 14.1. The molecule has 0 saturated carbocycles. The molecule has 1 aliphatic heterocycles. The lowest BCUT2D eigenvalue weighted by Gasteiger charge is -2.17. The molecule has 1 N–H and O–H groups in total. The number of nitrogens with one attached hydrogen (secondary N) is 1. The van der Waals surface area contributed by atoms with Gasteiger partial charge in [0, 0.05) is 25.0 Å². The number of pyridine rings is 1. The fraction of sp³-hybridized carbons (Fsp3) is 0.385. The molecule has 3 heterocycles. The smallest absolute Gasteiger partial charge is 0.295 e. The minimum absolute atomic E-state index is 0.362. The Morgan fingerprint density at radius 2 is 2.20 bits per heavy atom. The van der Waals surface area contributed by atoms with E-state index < -0.39 is 11.4 Å². The summed E-state index contributed by atoms with van der Waals surface area (Å²) < 4.78 is 15.2. The summed E-state index contributed by atoms with van der Waals surface area (Å²) in [7, 11) is 0. The molecular weight excluding hydrogens is 276 g/mol. The molecule has 0 bridgehead atoms. The van der Waals surface area contributed by atoms with Crippen molar-refractivity contribution in [1.29, 1.82) is 0 Å². The van der Waals surface area contributed by atoms with Gasteiger partial charge in [-0.3, -0.25) is 4.79 Å². The maximum absolute atomic E-state index is 12.0. The minimum Gasteiger partial charge on any atom is -0.593 e. The van der Waals surface area contributed by atoms with Gasteiger partial charge >= 0.3 is 0 Å². The molecular formula is C13H16N4O2S. The normalized spacial score (nSPS) is 16.6. The average molecular weight is 292 g/mol. The Labute approximate surface area is 120 Å². The van der Waals surface area contributed by atoms with Crippen molar-refractivity contribution in [2.24, 2.45) is 0 Å². The predicted octanol–water partition coefficient (Wildman–Crippen LogP) is 0.958. The molecule has 2 aromatic heterocycles. The van der Waals surface area contributed by atoms with Gasteiger partial charge in [0.2, 0.25) is 0 Å². The van der Waals surface area contributed by atoms with Crippen LogP contribution in [0.5, 0.6) is 0 Å². The Hall–Kier alpha value is -1.73. The number of nitrogens with zero attached hydrogens (tertiary/aromatic N) is 3. The van der Waals surface area contributed by atoms with Gasteiger partial charge in [-0.1, -0.05) is 0 Å². The molecule has 0 radical (unpaired) electrons. The summed E-state index contributed by atoms with van der Waals surface area (Å²) >= 11 is -1.38. The Morgan fingerprint density at radius 1 is 1.45 bits per heavy atom. The van der Waals surface area contributed by atoms with Crippen molar-refractivity contribution in [2.75, 3.05) is 24.2 Å². The van der Waals surface area contributed by atoms with E-state index in [1.807, 2.05) is 18.3 Å². The highest BCUT2D eigenvalue weighted by atomic mass is 32.2. The maximum Gasteiger partial charge on any atom is 0.295 e. The van der Waals surface area contributed by atoms with Crippen LogP contribution in [0.2, 0.25) is 0 Å². The van der Waals surface area contributed by atoms with E-state index in [9.17, 15) is 9.35 Å². The molecule has 20 heavy (non-hydrogen) atoms. The van der Waals surface area contributed by atoms with Gasteiger partial charge in [0.25, 0.3) is 5.91 Å². The number of fused-ring (bicyclic) bond motifs is 1. The highest BCUT2D eigenvalue weighted by molar-refractivity contribution is 7.89. The van der Waals surface area contributed by atoms with Gasteiger partial charge in [0.1, 0.15) is 6.26 Å². The van der Waals surface area contributed by atoms with Crippen molar-refractivity contribution in [3.8, 4) is 0 Å². The molecule has 1 fully saturated rings. The van der Waals surface area contributed by atoms with Crippen LogP contribution in [-0.4, -0.2) is 39.4 Å². The quantitative estimate of drug-likeness (QED) is 0.855. The number of aromatic nitrogens is 2. The molecule has 0 aliphatic carbocycles. The topological polar surface area (TPSA) is 72.7 Å². The van der Waals surface area contributed by atoms with Gasteiger partial charge < -0.3 is 9.45 Å². The first-order valence-electron chi connectivity index (χ1n) is 6.52. The van der Waals surface area contributed by atoms with E-state index >= 15 is 0 Å². The lowest BCUT2D eigenvalue weighted by atomic mass is 10.2. The van der Waals surface area contributed by atoms with Crippen LogP contribution < -0.4 is 9.62 Å². The first kappa shape index (κ1) is 13.3. The van der Waals surface area contributed by atoms with Gasteiger partial charge in [0.05, 0.1) is 28.6 Å². The second-order valence-corrected chi connectivity index (χ2v) is 5.96. The predicted molar refractivity (Wildman–Crippen MR) is 78.2 cm³/mol. The van der Waals surface area contributed by atoms with Gasteiger partial charge in [-0.15, -0.1) is 0 Å². The van der Waals surface area contributed by atoms with Crippen LogP contribution in [-0.2, 0) is 11.4 Å². The van der Waals surface area contributed by atoms with E-state index in [1.165, 1.54) is 25.3 Å². The standard InChI is InChI=1S/C13H16N4O2S/c1-20(19)15-13(18)11-9-14-17-7-4-10(8-12(11)17)16-5-2-3-6-16/h4,7-9H,2-3,5-6H2,1H3,(H,15,18). The summed E-state index contributed by atoms with van der Waals surface area (Å²) in [6, 6.07) is 3.97. The maximum atomic E-state index is 12.0. The summed E-state index contributed by atoms with van der Waals surface area (Å²) in [5.74, 6) is -0.362. The van der Waals surface area contributed by atoms with Crippen LogP contribution in [0.1, 0.15) is 23.2 Å².